The van der Waals surface area contributed by atoms with Gasteiger partial charge in [0.2, 0.25) is 5.91 Å². The predicted octanol–water partition coefficient (Wildman–Crippen LogP) is 2.41. The number of nitrogens with one attached hydrogen (secondary N) is 1. The molecule has 4 rings (SSSR count). The molecule has 1 fully saturated rings. The third-order valence-corrected chi connectivity index (χ3v) is 8.40. The number of hydrogen-bond donors (Lipinski definition) is 1. The number of sulfone groups is 1. The van der Waals surface area contributed by atoms with Crippen LogP contribution >= 0.6 is 0 Å². The predicted molar refractivity (Wildman–Crippen MR) is 127 cm³/mol. The number of carbonyl (C=O) groups is 1. The van der Waals surface area contributed by atoms with E-state index in [0.29, 0.717) is 19.6 Å². The lowest BCUT2D eigenvalue weighted by atomic mass is 9.94. The van der Waals surface area contributed by atoms with Crippen molar-refractivity contribution in [1.29, 1.82) is 0 Å². The average molecular weight is 456 g/mol. The van der Waals surface area contributed by atoms with Crippen molar-refractivity contribution in [3.05, 3.63) is 71.3 Å². The van der Waals surface area contributed by atoms with Gasteiger partial charge in [0.05, 0.1) is 11.5 Å². The second kappa shape index (κ2) is 9.33. The van der Waals surface area contributed by atoms with Crippen LogP contribution in [0.15, 0.2) is 54.6 Å². The van der Waals surface area contributed by atoms with Crippen LogP contribution in [0.25, 0.3) is 0 Å². The first-order chi connectivity index (χ1) is 15.3. The zero-order valence-corrected chi connectivity index (χ0v) is 19.8. The molecule has 0 bridgehead atoms. The Morgan fingerprint density at radius 2 is 1.59 bits per heavy atom. The molecule has 0 aliphatic carbocycles. The molecule has 0 spiro atoms. The molecule has 1 atom stereocenters. The van der Waals surface area contributed by atoms with Crippen molar-refractivity contribution in [2.24, 2.45) is 0 Å². The van der Waals surface area contributed by atoms with Gasteiger partial charge in [-0.25, -0.2) is 8.42 Å². The number of amides is 1. The molecule has 0 saturated carbocycles. The van der Waals surface area contributed by atoms with Crippen LogP contribution in [-0.2, 0) is 27.6 Å². The molecule has 7 heteroatoms. The maximum Gasteiger partial charge on any atom is 0.242 e. The van der Waals surface area contributed by atoms with Crippen LogP contribution in [0, 0.1) is 0 Å². The Morgan fingerprint density at radius 1 is 0.969 bits per heavy atom. The number of hydrogen-bond acceptors (Lipinski definition) is 5. The summed E-state index contributed by atoms with van der Waals surface area (Å²) in [5, 5.41) is 3.19. The number of carbonyl (C=O) groups excluding carboxylic acids is 1. The third kappa shape index (κ3) is 5.22. The van der Waals surface area contributed by atoms with Crippen molar-refractivity contribution in [1.82, 2.24) is 15.1 Å². The summed E-state index contributed by atoms with van der Waals surface area (Å²) < 4.78 is 23.8. The first kappa shape index (κ1) is 23.0. The Bertz CT molecular complexity index is 1040. The van der Waals surface area contributed by atoms with Crippen molar-refractivity contribution in [3.8, 4) is 0 Å². The summed E-state index contributed by atoms with van der Waals surface area (Å²) in [7, 11) is -3.01. The Hall–Kier alpha value is -2.22. The maximum absolute atomic E-state index is 13.4. The number of benzene rings is 2. The smallest absolute Gasteiger partial charge is 0.242 e. The van der Waals surface area contributed by atoms with Gasteiger partial charge >= 0.3 is 0 Å². The van der Waals surface area contributed by atoms with Gasteiger partial charge in [0.15, 0.2) is 9.84 Å². The molecule has 2 aliphatic heterocycles. The second-order valence-corrected chi connectivity index (χ2v) is 11.8. The van der Waals surface area contributed by atoms with E-state index in [1.54, 1.807) is 0 Å². The fourth-order valence-corrected chi connectivity index (χ4v) is 5.90. The number of nitrogens with zero attached hydrogens (tertiary/aromatic N) is 2. The highest BCUT2D eigenvalue weighted by Gasteiger charge is 2.35. The zero-order chi connectivity index (χ0) is 22.8. The Balaban J connectivity index is 1.45. The molecule has 2 aromatic rings. The molecule has 0 radical (unpaired) electrons. The average Bonchev–Trinajstić information content (AvgIpc) is 2.79. The number of rotatable bonds is 6. The monoisotopic (exact) mass is 455 g/mol. The van der Waals surface area contributed by atoms with E-state index in [1.165, 1.54) is 11.1 Å². The van der Waals surface area contributed by atoms with E-state index in [0.717, 1.165) is 25.1 Å². The summed E-state index contributed by atoms with van der Waals surface area (Å²) in [5.74, 6) is 0.130. The minimum atomic E-state index is -3.01. The van der Waals surface area contributed by atoms with E-state index in [4.69, 9.17) is 0 Å². The third-order valence-electron chi connectivity index (χ3n) is 6.79. The number of fused-ring (bicyclic) bond motifs is 1. The quantitative estimate of drug-likeness (QED) is 0.725. The molecule has 2 aromatic carbocycles. The van der Waals surface area contributed by atoms with Crippen LogP contribution in [0.1, 0.15) is 36.6 Å². The normalized spacial score (nSPS) is 20.3. The molecule has 1 unspecified atom stereocenters. The van der Waals surface area contributed by atoms with Crippen LogP contribution in [0.2, 0.25) is 0 Å². The van der Waals surface area contributed by atoms with Gasteiger partial charge in [-0.1, -0.05) is 54.6 Å². The lowest BCUT2D eigenvalue weighted by Crippen LogP contribution is -2.55. The van der Waals surface area contributed by atoms with Gasteiger partial charge in [0, 0.05) is 38.3 Å². The van der Waals surface area contributed by atoms with E-state index < -0.39 is 15.9 Å². The van der Waals surface area contributed by atoms with Crippen molar-refractivity contribution < 1.29 is 13.2 Å². The molecular formula is C25H33N3O3S. The first-order valence-electron chi connectivity index (χ1n) is 11.3. The Kier molecular flexibility index (Phi) is 6.70. The van der Waals surface area contributed by atoms with E-state index in [1.807, 2.05) is 35.2 Å². The Morgan fingerprint density at radius 3 is 2.28 bits per heavy atom. The van der Waals surface area contributed by atoms with Crippen molar-refractivity contribution >= 4 is 15.7 Å². The van der Waals surface area contributed by atoms with Gasteiger partial charge < -0.3 is 5.32 Å². The largest absolute Gasteiger partial charge is 0.353 e. The maximum atomic E-state index is 13.4. The van der Waals surface area contributed by atoms with Gasteiger partial charge in [0.25, 0.3) is 0 Å². The van der Waals surface area contributed by atoms with Crippen LogP contribution in [0.3, 0.4) is 0 Å². The molecule has 2 heterocycles. The van der Waals surface area contributed by atoms with Gasteiger partial charge in [-0.2, -0.15) is 0 Å². The van der Waals surface area contributed by atoms with Gasteiger partial charge in [0.1, 0.15) is 6.04 Å². The first-order valence-corrected chi connectivity index (χ1v) is 13.2. The SMILES string of the molecule is CC(C)(CNC(=O)C(c1ccccc1)N1CCS(=O)(=O)CC1)N1CCc2ccccc2C1. The van der Waals surface area contributed by atoms with E-state index in [-0.39, 0.29) is 23.0 Å². The minimum Gasteiger partial charge on any atom is -0.353 e. The lowest BCUT2D eigenvalue weighted by Gasteiger charge is -2.42. The topological polar surface area (TPSA) is 69.7 Å². The van der Waals surface area contributed by atoms with E-state index >= 15 is 0 Å². The molecule has 1 saturated heterocycles. The molecule has 0 aromatic heterocycles. The van der Waals surface area contributed by atoms with Crippen LogP contribution < -0.4 is 5.32 Å². The summed E-state index contributed by atoms with van der Waals surface area (Å²) in [6, 6.07) is 17.7. The van der Waals surface area contributed by atoms with Crippen molar-refractivity contribution in [3.63, 3.8) is 0 Å². The summed E-state index contributed by atoms with van der Waals surface area (Å²) in [4.78, 5) is 17.8. The summed E-state index contributed by atoms with van der Waals surface area (Å²) >= 11 is 0. The summed E-state index contributed by atoms with van der Waals surface area (Å²) in [6.45, 7) is 7.47. The molecule has 6 nitrogen and oxygen atoms in total. The van der Waals surface area contributed by atoms with Crippen LogP contribution in [0.5, 0.6) is 0 Å². The Labute approximate surface area is 191 Å². The van der Waals surface area contributed by atoms with Gasteiger partial charge in [-0.05, 0) is 37.0 Å². The fraction of sp³-hybridized carbons (Fsp3) is 0.480. The molecule has 172 valence electrons. The van der Waals surface area contributed by atoms with Crippen LogP contribution in [-0.4, -0.2) is 67.3 Å². The van der Waals surface area contributed by atoms with E-state index in [9.17, 15) is 13.2 Å². The minimum absolute atomic E-state index is 0.0685. The highest BCUT2D eigenvalue weighted by molar-refractivity contribution is 7.91. The lowest BCUT2D eigenvalue weighted by molar-refractivity contribution is -0.127. The second-order valence-electron chi connectivity index (χ2n) is 9.47. The summed E-state index contributed by atoms with van der Waals surface area (Å²) in [5.41, 5.74) is 3.46. The zero-order valence-electron chi connectivity index (χ0n) is 19.0. The van der Waals surface area contributed by atoms with E-state index in [2.05, 4.69) is 48.3 Å². The molecule has 1 N–H and O–H groups in total. The fourth-order valence-electron chi connectivity index (χ4n) is 4.67. The van der Waals surface area contributed by atoms with Crippen molar-refractivity contribution in [2.75, 3.05) is 37.7 Å². The molecule has 1 amide bonds. The molecule has 2 aliphatic rings. The highest BCUT2D eigenvalue weighted by atomic mass is 32.2. The van der Waals surface area contributed by atoms with Crippen LogP contribution in [0.4, 0.5) is 0 Å². The highest BCUT2D eigenvalue weighted by Crippen LogP contribution is 2.26. The van der Waals surface area contributed by atoms with Gasteiger partial charge in [-0.15, -0.1) is 0 Å². The molecular weight excluding hydrogens is 422 g/mol. The molecule has 32 heavy (non-hydrogen) atoms. The standard InChI is InChI=1S/C25H33N3O3S/c1-25(2,28-13-12-20-8-6-7-11-22(20)18-28)19-26-24(29)23(21-9-4-3-5-10-21)27-14-16-32(30,31)17-15-27/h3-11,23H,12-19H2,1-2H3,(H,26,29). The van der Waals surface area contributed by atoms with Gasteiger partial charge in [-0.3, -0.25) is 14.6 Å². The summed E-state index contributed by atoms with van der Waals surface area (Å²) in [6.07, 6.45) is 1.02. The van der Waals surface area contributed by atoms with Crippen molar-refractivity contribution in [2.45, 2.75) is 38.4 Å².